The maximum Gasteiger partial charge on any atom is 0.0739 e. The minimum atomic E-state index is 0.592. The van der Waals surface area contributed by atoms with Crippen LogP contribution in [0.15, 0.2) is 22.4 Å². The number of benzene rings is 1. The first-order chi connectivity index (χ1) is 9.93. The van der Waals surface area contributed by atoms with Gasteiger partial charge < -0.3 is 4.74 Å². The molecule has 1 atom stereocenters. The Hall–Kier alpha value is 1.58. The van der Waals surface area contributed by atoms with Gasteiger partial charge in [-0.1, -0.05) is 33.1 Å². The van der Waals surface area contributed by atoms with E-state index >= 15 is 0 Å². The lowest BCUT2D eigenvalue weighted by atomic mass is 10.0. The van der Waals surface area contributed by atoms with Crippen LogP contribution in [0.2, 0.25) is 0 Å². The predicted molar refractivity (Wildman–Crippen MR) is 108 cm³/mol. The summed E-state index contributed by atoms with van der Waals surface area (Å²) >= 11 is 18.0. The van der Waals surface area contributed by atoms with Crippen LogP contribution in [0.3, 0.4) is 0 Å². The van der Waals surface area contributed by atoms with E-state index in [0.717, 1.165) is 34.5 Å². The Morgan fingerprint density at radius 3 is 1.86 bits per heavy atom. The van der Waals surface area contributed by atoms with E-state index in [1.54, 1.807) is 0 Å². The highest BCUT2D eigenvalue weighted by Crippen LogP contribution is 2.44. The molecule has 6 heteroatoms. The van der Waals surface area contributed by atoms with E-state index in [1.165, 1.54) is 25.7 Å². The second-order valence-corrected chi connectivity index (χ2v) is 8.95. The SMILES string of the molecule is CCCCC(CC)COCc1c(Br)c(Br)c(Br)c(Br)c1Br. The zero-order chi connectivity index (χ0) is 16.0. The normalized spacial score (nSPS) is 12.7. The Morgan fingerprint density at radius 2 is 1.38 bits per heavy atom. The van der Waals surface area contributed by atoms with Crippen molar-refractivity contribution in [1.82, 2.24) is 0 Å². The average molecular weight is 615 g/mol. The zero-order valence-electron chi connectivity index (χ0n) is 12.1. The van der Waals surface area contributed by atoms with Crippen molar-refractivity contribution in [3.05, 3.63) is 27.9 Å². The molecule has 0 bridgehead atoms. The quantitative estimate of drug-likeness (QED) is 0.212. The third-order valence-corrected chi connectivity index (χ3v) is 9.70. The van der Waals surface area contributed by atoms with Crippen molar-refractivity contribution in [2.75, 3.05) is 6.61 Å². The molecule has 21 heavy (non-hydrogen) atoms. The van der Waals surface area contributed by atoms with Crippen LogP contribution in [0.4, 0.5) is 0 Å². The van der Waals surface area contributed by atoms with Gasteiger partial charge in [-0.05, 0) is 92.0 Å². The molecule has 0 spiro atoms. The highest BCUT2D eigenvalue weighted by molar-refractivity contribution is 9.15. The zero-order valence-corrected chi connectivity index (χ0v) is 20.0. The third kappa shape index (κ3) is 5.86. The molecule has 1 aromatic carbocycles. The lowest BCUT2D eigenvalue weighted by Crippen LogP contribution is -2.09. The van der Waals surface area contributed by atoms with Crippen molar-refractivity contribution >= 4 is 79.6 Å². The first-order valence-electron chi connectivity index (χ1n) is 7.01. The van der Waals surface area contributed by atoms with Crippen molar-refractivity contribution in [3.63, 3.8) is 0 Å². The summed E-state index contributed by atoms with van der Waals surface area (Å²) in [7, 11) is 0. The van der Waals surface area contributed by atoms with Crippen LogP contribution >= 0.6 is 79.6 Å². The largest absolute Gasteiger partial charge is 0.376 e. The molecule has 0 amide bonds. The molecule has 0 aliphatic heterocycles. The van der Waals surface area contributed by atoms with Crippen LogP contribution in [0.25, 0.3) is 0 Å². The van der Waals surface area contributed by atoms with Gasteiger partial charge >= 0.3 is 0 Å². The van der Waals surface area contributed by atoms with E-state index in [9.17, 15) is 0 Å². The first-order valence-corrected chi connectivity index (χ1v) is 11.0. The van der Waals surface area contributed by atoms with Gasteiger partial charge in [0.2, 0.25) is 0 Å². The van der Waals surface area contributed by atoms with Crippen LogP contribution in [0, 0.1) is 5.92 Å². The van der Waals surface area contributed by atoms with Crippen molar-refractivity contribution < 1.29 is 4.74 Å². The molecule has 0 fully saturated rings. The molecular weight excluding hydrogens is 596 g/mol. The Kier molecular flexibility index (Phi) is 10.3. The van der Waals surface area contributed by atoms with E-state index in [2.05, 4.69) is 93.5 Å². The fourth-order valence-electron chi connectivity index (χ4n) is 2.00. The Bertz CT molecular complexity index is 447. The second-order valence-electron chi connectivity index (χ2n) is 4.98. The molecule has 0 saturated carbocycles. The smallest absolute Gasteiger partial charge is 0.0739 e. The van der Waals surface area contributed by atoms with Crippen LogP contribution in [0.1, 0.15) is 45.1 Å². The summed E-state index contributed by atoms with van der Waals surface area (Å²) in [5.74, 6) is 0.657. The molecule has 1 nitrogen and oxygen atoms in total. The average Bonchev–Trinajstić information content (AvgIpc) is 2.49. The van der Waals surface area contributed by atoms with Crippen LogP contribution in [0.5, 0.6) is 0 Å². The van der Waals surface area contributed by atoms with E-state index < -0.39 is 0 Å². The Labute approximate surface area is 169 Å². The fraction of sp³-hybridized carbons (Fsp3) is 0.600. The van der Waals surface area contributed by atoms with Gasteiger partial charge in [-0.3, -0.25) is 0 Å². The van der Waals surface area contributed by atoms with Gasteiger partial charge in [0.1, 0.15) is 0 Å². The molecule has 0 radical (unpaired) electrons. The molecule has 1 rings (SSSR count). The molecule has 0 aliphatic rings. The lowest BCUT2D eigenvalue weighted by molar-refractivity contribution is 0.0812. The van der Waals surface area contributed by atoms with E-state index in [1.807, 2.05) is 0 Å². The van der Waals surface area contributed by atoms with Crippen molar-refractivity contribution in [3.8, 4) is 0 Å². The third-order valence-electron chi connectivity index (χ3n) is 3.44. The van der Waals surface area contributed by atoms with E-state index in [0.29, 0.717) is 12.5 Å². The minimum absolute atomic E-state index is 0.592. The molecular formula is C15H19Br5O. The lowest BCUT2D eigenvalue weighted by Gasteiger charge is -2.17. The van der Waals surface area contributed by atoms with Gasteiger partial charge in [0.25, 0.3) is 0 Å². The minimum Gasteiger partial charge on any atom is -0.376 e. The molecule has 0 aromatic heterocycles. The summed E-state index contributed by atoms with van der Waals surface area (Å²) in [5, 5.41) is 0. The number of hydrogen-bond acceptors (Lipinski definition) is 1. The number of hydrogen-bond donors (Lipinski definition) is 0. The molecule has 1 aromatic rings. The maximum atomic E-state index is 5.96. The van der Waals surface area contributed by atoms with Crippen LogP contribution in [-0.4, -0.2) is 6.61 Å². The monoisotopic (exact) mass is 610 g/mol. The summed E-state index contributed by atoms with van der Waals surface area (Å²) in [4.78, 5) is 0. The molecule has 0 N–H and O–H groups in total. The number of unbranched alkanes of at least 4 members (excludes halogenated alkanes) is 1. The number of halogens is 5. The summed E-state index contributed by atoms with van der Waals surface area (Å²) in [5.41, 5.74) is 1.11. The summed E-state index contributed by atoms with van der Waals surface area (Å²) in [6, 6.07) is 0. The molecule has 0 aliphatic carbocycles. The fourth-order valence-corrected chi connectivity index (χ4v) is 5.36. The standard InChI is InChI=1S/C15H19Br5O/c1-3-5-6-9(4-2)7-21-8-10-11(16)13(18)15(20)14(19)12(10)17/h9H,3-8H2,1-2H3. The van der Waals surface area contributed by atoms with Gasteiger partial charge in [-0.15, -0.1) is 0 Å². The number of rotatable bonds is 8. The summed E-state index contributed by atoms with van der Waals surface area (Å²) in [6.45, 7) is 5.88. The first kappa shape index (κ1) is 20.6. The summed E-state index contributed by atoms with van der Waals surface area (Å²) in [6.07, 6.45) is 4.96. The number of ether oxygens (including phenoxy) is 1. The van der Waals surface area contributed by atoms with Gasteiger partial charge in [0, 0.05) is 34.5 Å². The second kappa shape index (κ2) is 10.4. The molecule has 0 heterocycles. The van der Waals surface area contributed by atoms with Gasteiger partial charge in [-0.25, -0.2) is 0 Å². The van der Waals surface area contributed by atoms with Gasteiger partial charge in [0.05, 0.1) is 6.61 Å². The van der Waals surface area contributed by atoms with Crippen molar-refractivity contribution in [1.29, 1.82) is 0 Å². The van der Waals surface area contributed by atoms with Gasteiger partial charge in [-0.2, -0.15) is 0 Å². The molecule has 120 valence electrons. The Morgan fingerprint density at radius 1 is 0.857 bits per heavy atom. The van der Waals surface area contributed by atoms with Crippen LogP contribution < -0.4 is 0 Å². The van der Waals surface area contributed by atoms with Crippen molar-refractivity contribution in [2.24, 2.45) is 5.92 Å². The highest BCUT2D eigenvalue weighted by atomic mass is 79.9. The van der Waals surface area contributed by atoms with E-state index in [4.69, 9.17) is 4.74 Å². The summed E-state index contributed by atoms with van der Waals surface area (Å²) < 4.78 is 11.0. The van der Waals surface area contributed by atoms with E-state index in [-0.39, 0.29) is 0 Å². The topological polar surface area (TPSA) is 9.23 Å². The highest BCUT2D eigenvalue weighted by Gasteiger charge is 2.18. The van der Waals surface area contributed by atoms with Gasteiger partial charge in [0.15, 0.2) is 0 Å². The molecule has 1 unspecified atom stereocenters. The maximum absolute atomic E-state index is 5.96. The Balaban J connectivity index is 2.72. The van der Waals surface area contributed by atoms with Crippen molar-refractivity contribution in [2.45, 2.75) is 46.1 Å². The molecule has 0 saturated heterocycles. The van der Waals surface area contributed by atoms with Crippen LogP contribution in [-0.2, 0) is 11.3 Å². The predicted octanol–water partition coefficient (Wildman–Crippen LogP) is 8.23.